The van der Waals surface area contributed by atoms with Crippen molar-refractivity contribution in [3.05, 3.63) is 60.2 Å². The third-order valence-corrected chi connectivity index (χ3v) is 8.30. The predicted octanol–water partition coefficient (Wildman–Crippen LogP) is 0.950. The third-order valence-electron chi connectivity index (χ3n) is 4.13. The molecule has 134 valence electrons. The van der Waals surface area contributed by atoms with Gasteiger partial charge in [0, 0.05) is 25.0 Å². The topological polar surface area (TPSA) is 93.2 Å². The van der Waals surface area contributed by atoms with Crippen molar-refractivity contribution in [3.63, 3.8) is 0 Å². The number of pyridine rings is 1. The van der Waals surface area contributed by atoms with Gasteiger partial charge < -0.3 is 5.32 Å². The molecule has 0 saturated carbocycles. The van der Waals surface area contributed by atoms with E-state index >= 15 is 0 Å². The predicted molar refractivity (Wildman–Crippen MR) is 90.9 cm³/mol. The Kier molecular flexibility index (Phi) is 4.90. The standard InChI is InChI=1S/C16H17FN2O4S2/c17-13-3-5-14(6-4-13)25(22,23)16-11-24(20,21)10-15(16)19-9-12-2-1-7-18-8-12/h1-8,15-16,19H,9-11H2/t15-,16-/m0/s1. The maximum Gasteiger partial charge on any atom is 0.183 e. The van der Waals surface area contributed by atoms with Crippen LogP contribution in [0.3, 0.4) is 0 Å². The summed E-state index contributed by atoms with van der Waals surface area (Å²) < 4.78 is 62.7. The van der Waals surface area contributed by atoms with Crippen molar-refractivity contribution in [2.75, 3.05) is 11.5 Å². The van der Waals surface area contributed by atoms with Crippen LogP contribution in [0.1, 0.15) is 5.56 Å². The molecule has 0 aliphatic carbocycles. The van der Waals surface area contributed by atoms with E-state index in [4.69, 9.17) is 0 Å². The fourth-order valence-electron chi connectivity index (χ4n) is 2.86. The molecule has 1 N–H and O–H groups in total. The number of sulfone groups is 2. The van der Waals surface area contributed by atoms with Gasteiger partial charge in [-0.3, -0.25) is 4.98 Å². The van der Waals surface area contributed by atoms with Crippen LogP contribution in [-0.2, 0) is 26.2 Å². The summed E-state index contributed by atoms with van der Waals surface area (Å²) in [5.41, 5.74) is 0.824. The molecule has 1 fully saturated rings. The molecule has 1 aliphatic heterocycles. The molecule has 0 bridgehead atoms. The zero-order valence-electron chi connectivity index (χ0n) is 13.2. The highest BCUT2D eigenvalue weighted by atomic mass is 32.2. The summed E-state index contributed by atoms with van der Waals surface area (Å²) >= 11 is 0. The van der Waals surface area contributed by atoms with Crippen molar-refractivity contribution in [1.82, 2.24) is 10.3 Å². The maximum atomic E-state index is 13.1. The first-order valence-corrected chi connectivity index (χ1v) is 11.0. The fourth-order valence-corrected chi connectivity index (χ4v) is 7.58. The highest BCUT2D eigenvalue weighted by Gasteiger charge is 2.45. The van der Waals surface area contributed by atoms with Crippen molar-refractivity contribution in [2.45, 2.75) is 22.7 Å². The molecule has 1 aromatic heterocycles. The van der Waals surface area contributed by atoms with Crippen molar-refractivity contribution in [2.24, 2.45) is 0 Å². The molecule has 1 aromatic carbocycles. The number of aromatic nitrogens is 1. The van der Waals surface area contributed by atoms with Crippen LogP contribution < -0.4 is 5.32 Å². The van der Waals surface area contributed by atoms with E-state index in [2.05, 4.69) is 10.3 Å². The smallest absolute Gasteiger partial charge is 0.183 e. The van der Waals surface area contributed by atoms with Crippen molar-refractivity contribution < 1.29 is 21.2 Å². The van der Waals surface area contributed by atoms with Gasteiger partial charge in [0.1, 0.15) is 5.82 Å². The van der Waals surface area contributed by atoms with Gasteiger partial charge in [0.25, 0.3) is 0 Å². The first kappa shape index (κ1) is 18.0. The van der Waals surface area contributed by atoms with Crippen LogP contribution in [0, 0.1) is 5.82 Å². The minimum Gasteiger partial charge on any atom is -0.308 e. The fraction of sp³-hybridized carbons (Fsp3) is 0.312. The Morgan fingerprint density at radius 2 is 1.88 bits per heavy atom. The molecule has 3 rings (SSSR count). The molecule has 0 spiro atoms. The minimum absolute atomic E-state index is 0.0795. The number of halogens is 1. The van der Waals surface area contributed by atoms with Gasteiger partial charge in [-0.1, -0.05) is 6.07 Å². The summed E-state index contributed by atoms with van der Waals surface area (Å²) in [6.07, 6.45) is 3.24. The maximum absolute atomic E-state index is 13.1. The molecule has 25 heavy (non-hydrogen) atoms. The highest BCUT2D eigenvalue weighted by molar-refractivity contribution is 7.96. The average molecular weight is 384 g/mol. The van der Waals surface area contributed by atoms with Gasteiger partial charge in [0.15, 0.2) is 19.7 Å². The van der Waals surface area contributed by atoms with Crippen LogP contribution in [0.5, 0.6) is 0 Å². The lowest BCUT2D eigenvalue weighted by Gasteiger charge is -2.20. The lowest BCUT2D eigenvalue weighted by molar-refractivity contribution is 0.525. The number of rotatable bonds is 5. The van der Waals surface area contributed by atoms with E-state index in [1.54, 1.807) is 18.5 Å². The molecule has 0 unspecified atom stereocenters. The lowest BCUT2D eigenvalue weighted by Crippen LogP contribution is -2.43. The zero-order chi connectivity index (χ0) is 18.1. The molecule has 1 saturated heterocycles. The summed E-state index contributed by atoms with van der Waals surface area (Å²) in [6, 6.07) is 7.24. The summed E-state index contributed by atoms with van der Waals surface area (Å²) in [5.74, 6) is -1.25. The average Bonchev–Trinajstić information content (AvgIpc) is 2.90. The van der Waals surface area contributed by atoms with E-state index < -0.39 is 42.5 Å². The number of benzene rings is 1. The summed E-state index contributed by atoms with van der Waals surface area (Å²) in [6.45, 7) is 0.309. The SMILES string of the molecule is O=S1(=O)C[C@H](NCc2cccnc2)[C@@H](S(=O)(=O)c2ccc(F)cc2)C1. The van der Waals surface area contributed by atoms with E-state index in [-0.39, 0.29) is 10.6 Å². The van der Waals surface area contributed by atoms with Gasteiger partial charge in [0.2, 0.25) is 0 Å². The van der Waals surface area contributed by atoms with Gasteiger partial charge in [-0.25, -0.2) is 21.2 Å². The third kappa shape index (κ3) is 4.05. The number of nitrogens with zero attached hydrogens (tertiary/aromatic N) is 1. The Hall–Kier alpha value is -1.84. The van der Waals surface area contributed by atoms with Crippen molar-refractivity contribution in [1.29, 1.82) is 0 Å². The highest BCUT2D eigenvalue weighted by Crippen LogP contribution is 2.26. The second kappa shape index (κ2) is 6.81. The Balaban J connectivity index is 1.85. The first-order valence-electron chi connectivity index (χ1n) is 7.60. The molecule has 9 heteroatoms. The molecule has 1 aliphatic rings. The van der Waals surface area contributed by atoms with Gasteiger partial charge >= 0.3 is 0 Å². The van der Waals surface area contributed by atoms with Crippen LogP contribution in [0.4, 0.5) is 4.39 Å². The van der Waals surface area contributed by atoms with Gasteiger partial charge in [-0.15, -0.1) is 0 Å². The van der Waals surface area contributed by atoms with Crippen LogP contribution >= 0.6 is 0 Å². The molecule has 2 atom stereocenters. The van der Waals surface area contributed by atoms with Gasteiger partial charge in [-0.05, 0) is 35.9 Å². The molecular weight excluding hydrogens is 367 g/mol. The first-order chi connectivity index (χ1) is 11.8. The van der Waals surface area contributed by atoms with Gasteiger partial charge in [-0.2, -0.15) is 0 Å². The van der Waals surface area contributed by atoms with E-state index in [1.165, 1.54) is 0 Å². The van der Waals surface area contributed by atoms with Gasteiger partial charge in [0.05, 0.1) is 21.7 Å². The van der Waals surface area contributed by atoms with Crippen LogP contribution in [0.25, 0.3) is 0 Å². The molecule has 6 nitrogen and oxygen atoms in total. The quantitative estimate of drug-likeness (QED) is 0.772. The lowest BCUT2D eigenvalue weighted by atomic mass is 10.2. The number of nitrogens with one attached hydrogen (secondary N) is 1. The van der Waals surface area contributed by atoms with Crippen LogP contribution in [-0.4, -0.2) is 44.6 Å². The normalized spacial score (nSPS) is 22.8. The molecule has 2 aromatic rings. The second-order valence-corrected chi connectivity index (χ2v) is 10.3. The number of hydrogen-bond acceptors (Lipinski definition) is 6. The van der Waals surface area contributed by atoms with E-state index in [1.807, 2.05) is 6.07 Å². The summed E-state index contributed by atoms with van der Waals surface area (Å²) in [7, 11) is -7.38. The second-order valence-electron chi connectivity index (χ2n) is 5.96. The number of hydrogen-bond donors (Lipinski definition) is 1. The molecular formula is C16H17FN2O4S2. The Labute approximate surface area is 145 Å². The Bertz CT molecular complexity index is 945. The molecule has 0 radical (unpaired) electrons. The van der Waals surface area contributed by atoms with Crippen molar-refractivity contribution in [3.8, 4) is 0 Å². The minimum atomic E-state index is -3.90. The molecule has 0 amide bonds. The summed E-state index contributed by atoms with van der Waals surface area (Å²) in [4.78, 5) is 3.89. The molecule has 2 heterocycles. The monoisotopic (exact) mass is 384 g/mol. The van der Waals surface area contributed by atoms with E-state index in [0.29, 0.717) is 6.54 Å². The zero-order valence-corrected chi connectivity index (χ0v) is 14.8. The van der Waals surface area contributed by atoms with Crippen LogP contribution in [0.2, 0.25) is 0 Å². The van der Waals surface area contributed by atoms with Crippen LogP contribution in [0.15, 0.2) is 53.7 Å². The Morgan fingerprint density at radius 3 is 2.52 bits per heavy atom. The summed E-state index contributed by atoms with van der Waals surface area (Å²) in [5, 5.41) is 1.91. The largest absolute Gasteiger partial charge is 0.308 e. The Morgan fingerprint density at radius 1 is 1.16 bits per heavy atom. The van der Waals surface area contributed by atoms with E-state index in [0.717, 1.165) is 29.8 Å². The van der Waals surface area contributed by atoms with E-state index in [9.17, 15) is 21.2 Å². The van der Waals surface area contributed by atoms with Crippen molar-refractivity contribution >= 4 is 19.7 Å².